The number of ketones is 1. The molecule has 0 saturated heterocycles. The summed E-state index contributed by atoms with van der Waals surface area (Å²) in [6.45, 7) is 26.9. The van der Waals surface area contributed by atoms with Crippen molar-refractivity contribution in [1.29, 1.82) is 0 Å². The maximum absolute atomic E-state index is 13.7. The van der Waals surface area contributed by atoms with Gasteiger partial charge in [0.05, 0.1) is 108 Å². The minimum absolute atomic E-state index is 0.0144. The molecule has 1 aromatic carbocycles. The standard InChI is InChI=1S/C96H167N7O19/c1-70-73(4)93(101-76(7)104)87(60-83(70)64-120-79(10)107)117-54-43-34-28-22-16-13-19-25-31-40-51-97-90(111)48-57-114-67-96(100-63-86(110)82-46-38-37-39-47-82,68-115-58-49-91(112)98-52-41-32-26-20-14-17-23-29-35-44-55-118-88-61-84(65-121-80(11)108)71(2)74(5)94(88)102-77(8)105)69-116-59-50-92(113)99-53-42-33-27-21-15-18-24-30-36-45-56-119-89-62-85(66-122-81(12)109)72(3)75(6)95(89)103-78(9)106/h37-39,46-47,70-75,83-85,87-89,93-95,100H,13-36,40-45,48-69H2,1-12H3,(H,97,111)(H,98,112)(H,99,113)(H,101,104)(H,102,105)(H,103,106). The summed E-state index contributed by atoms with van der Waals surface area (Å²) in [4.78, 5) is 124. The number of ether oxygens (including phenoxy) is 9. The highest BCUT2D eigenvalue weighted by Crippen LogP contribution is 2.40. The van der Waals surface area contributed by atoms with Gasteiger partial charge in [-0.25, -0.2) is 0 Å². The first-order valence-electron chi connectivity index (χ1n) is 47.6. The number of hydrogen-bond donors (Lipinski definition) is 7. The lowest BCUT2D eigenvalue weighted by atomic mass is 9.70. The van der Waals surface area contributed by atoms with Crippen LogP contribution >= 0.6 is 0 Å². The number of benzene rings is 1. The minimum Gasteiger partial charge on any atom is -0.466 e. The van der Waals surface area contributed by atoms with Crippen LogP contribution in [-0.4, -0.2) is 207 Å². The van der Waals surface area contributed by atoms with Crippen molar-refractivity contribution in [3.8, 4) is 0 Å². The van der Waals surface area contributed by atoms with Crippen molar-refractivity contribution in [2.24, 2.45) is 53.3 Å². The Hall–Kier alpha value is -6.16. The molecule has 26 nitrogen and oxygen atoms in total. The van der Waals surface area contributed by atoms with Gasteiger partial charge in [0, 0.05) is 106 Å². The van der Waals surface area contributed by atoms with Crippen LogP contribution in [0.5, 0.6) is 0 Å². The molecule has 700 valence electrons. The number of Topliss-reactive ketones (excluding diaryl/α,β-unsaturated/α-hetero) is 1. The molecular formula is C96H167N7O19. The average Bonchev–Trinajstić information content (AvgIpc) is 0.811. The van der Waals surface area contributed by atoms with E-state index in [9.17, 15) is 47.9 Å². The fraction of sp³-hybridized carbons (Fsp3) is 0.833. The van der Waals surface area contributed by atoms with Gasteiger partial charge in [0.25, 0.3) is 0 Å². The summed E-state index contributed by atoms with van der Waals surface area (Å²) in [6, 6.07) is 8.78. The second kappa shape index (κ2) is 65.4. The molecule has 3 fully saturated rings. The SMILES string of the molecule is CC(=O)NC1C(OCCCCCCCCCCCCNC(=O)CCOCC(COCCC(=O)NCCCCCCCCCCCCOC2CC(COC(C)=O)C(C)C(C)C2NC(C)=O)(COCCC(=O)NCCCCCCCCCCCCOC2CC(COC(C)=O)C(C)C(C)C2NC(C)=O)NCC(=O)c2ccccc2)CC(COC(C)=O)C(C)C1C. The van der Waals surface area contributed by atoms with E-state index < -0.39 is 5.54 Å². The van der Waals surface area contributed by atoms with Gasteiger partial charge in [-0.15, -0.1) is 0 Å². The van der Waals surface area contributed by atoms with Gasteiger partial charge in [-0.05, 0) is 111 Å². The molecule has 0 spiro atoms. The predicted molar refractivity (Wildman–Crippen MR) is 477 cm³/mol. The third-order valence-corrected chi connectivity index (χ3v) is 25.8. The number of rotatable bonds is 70. The summed E-state index contributed by atoms with van der Waals surface area (Å²) in [7, 11) is 0. The van der Waals surface area contributed by atoms with Crippen LogP contribution in [0.25, 0.3) is 0 Å². The molecule has 3 saturated carbocycles. The van der Waals surface area contributed by atoms with Crippen molar-refractivity contribution in [1.82, 2.24) is 37.2 Å². The van der Waals surface area contributed by atoms with Crippen LogP contribution in [0.1, 0.15) is 325 Å². The Morgan fingerprint density at radius 1 is 0.328 bits per heavy atom. The van der Waals surface area contributed by atoms with Crippen molar-refractivity contribution in [3.05, 3.63) is 35.9 Å². The van der Waals surface area contributed by atoms with Crippen LogP contribution in [0.15, 0.2) is 30.3 Å². The van der Waals surface area contributed by atoms with Gasteiger partial charge in [0.1, 0.15) is 0 Å². The lowest BCUT2D eigenvalue weighted by molar-refractivity contribution is -0.146. The van der Waals surface area contributed by atoms with Gasteiger partial charge < -0.3 is 74.5 Å². The lowest BCUT2D eigenvalue weighted by Crippen LogP contribution is -2.58. The monoisotopic (exact) mass is 1720 g/mol. The summed E-state index contributed by atoms with van der Waals surface area (Å²) in [5.41, 5.74) is -0.566. The van der Waals surface area contributed by atoms with Crippen LogP contribution < -0.4 is 37.2 Å². The highest BCUT2D eigenvalue weighted by Gasteiger charge is 2.45. The third-order valence-electron chi connectivity index (χ3n) is 25.8. The van der Waals surface area contributed by atoms with Crippen molar-refractivity contribution in [2.75, 3.05) is 105 Å². The van der Waals surface area contributed by atoms with E-state index >= 15 is 0 Å². The van der Waals surface area contributed by atoms with E-state index in [4.69, 9.17) is 42.6 Å². The van der Waals surface area contributed by atoms with E-state index in [1.165, 1.54) is 78.6 Å². The number of hydrogen-bond acceptors (Lipinski definition) is 20. The zero-order valence-corrected chi connectivity index (χ0v) is 77.6. The Morgan fingerprint density at radius 3 is 0.836 bits per heavy atom. The first-order chi connectivity index (χ1) is 58.7. The number of carbonyl (C=O) groups excluding carboxylic acids is 10. The van der Waals surface area contributed by atoms with E-state index in [-0.39, 0.29) is 214 Å². The Kier molecular flexibility index (Phi) is 58.0. The summed E-state index contributed by atoms with van der Waals surface area (Å²) in [5, 5.41) is 22.0. The second-order valence-electron chi connectivity index (χ2n) is 35.9. The Balaban J connectivity index is 1.17. The van der Waals surface area contributed by atoms with Gasteiger partial charge in [0.2, 0.25) is 35.4 Å². The largest absolute Gasteiger partial charge is 0.466 e. The van der Waals surface area contributed by atoms with E-state index in [1.807, 2.05) is 18.2 Å². The fourth-order valence-corrected chi connectivity index (χ4v) is 17.6. The van der Waals surface area contributed by atoms with E-state index in [2.05, 4.69) is 78.8 Å². The van der Waals surface area contributed by atoms with Gasteiger partial charge in [0.15, 0.2) is 5.78 Å². The zero-order valence-electron chi connectivity index (χ0n) is 77.6. The molecule has 0 aliphatic heterocycles. The lowest BCUT2D eigenvalue weighted by Gasteiger charge is -2.44. The summed E-state index contributed by atoms with van der Waals surface area (Å²) in [6.07, 6.45) is 34.7. The average molecular weight is 1720 g/mol. The van der Waals surface area contributed by atoms with Crippen molar-refractivity contribution in [2.45, 2.75) is 356 Å². The first-order valence-corrected chi connectivity index (χ1v) is 47.6. The number of unbranched alkanes of at least 4 members (excludes halogenated alkanes) is 27. The third kappa shape index (κ3) is 48.0. The summed E-state index contributed by atoms with van der Waals surface area (Å²) in [5.74, 6) is 0.415. The number of carbonyl (C=O) groups is 10. The number of esters is 3. The molecule has 15 unspecified atom stereocenters. The minimum atomic E-state index is -1.10. The van der Waals surface area contributed by atoms with Crippen molar-refractivity contribution >= 4 is 59.1 Å². The molecule has 3 aliphatic rings. The van der Waals surface area contributed by atoms with Crippen LogP contribution in [0.3, 0.4) is 0 Å². The molecule has 6 amide bonds. The summed E-state index contributed by atoms with van der Waals surface area (Å²) >= 11 is 0. The molecular weight excluding hydrogens is 1560 g/mol. The van der Waals surface area contributed by atoms with E-state index in [0.717, 1.165) is 154 Å². The van der Waals surface area contributed by atoms with Crippen LogP contribution in [0.4, 0.5) is 0 Å². The van der Waals surface area contributed by atoms with Crippen molar-refractivity contribution < 1.29 is 90.6 Å². The molecule has 4 rings (SSSR count). The Morgan fingerprint density at radius 2 is 0.582 bits per heavy atom. The summed E-state index contributed by atoms with van der Waals surface area (Å²) < 4.78 is 54.2. The Bertz CT molecular complexity index is 2780. The smallest absolute Gasteiger partial charge is 0.302 e. The number of amides is 6. The highest BCUT2D eigenvalue weighted by atomic mass is 16.5. The number of nitrogens with one attached hydrogen (secondary N) is 7. The quantitative estimate of drug-likeness (QED) is 0.0138. The molecule has 3 aliphatic carbocycles. The molecule has 0 radical (unpaired) electrons. The normalized spacial score (nSPS) is 23.2. The molecule has 0 heterocycles. The van der Waals surface area contributed by atoms with Gasteiger partial charge in [-0.3, -0.25) is 53.3 Å². The molecule has 7 N–H and O–H groups in total. The predicted octanol–water partition coefficient (Wildman–Crippen LogP) is 14.7. The first kappa shape index (κ1) is 108. The van der Waals surface area contributed by atoms with Gasteiger partial charge >= 0.3 is 17.9 Å². The van der Waals surface area contributed by atoms with Crippen LogP contribution in [0, 0.1) is 53.3 Å². The molecule has 0 aromatic heterocycles. The van der Waals surface area contributed by atoms with E-state index in [1.54, 1.807) is 32.9 Å². The molecule has 1 aromatic rings. The molecule has 122 heavy (non-hydrogen) atoms. The van der Waals surface area contributed by atoms with Crippen LogP contribution in [0.2, 0.25) is 0 Å². The van der Waals surface area contributed by atoms with Gasteiger partial charge in [-0.2, -0.15) is 0 Å². The topological polar surface area (TPSA) is 338 Å². The molecule has 26 heteroatoms. The molecule has 15 atom stereocenters. The van der Waals surface area contributed by atoms with Crippen LogP contribution in [-0.2, 0) is 85.8 Å². The van der Waals surface area contributed by atoms with Crippen molar-refractivity contribution in [3.63, 3.8) is 0 Å². The molecule has 0 bridgehead atoms. The Labute approximate surface area is 734 Å². The zero-order chi connectivity index (χ0) is 89.1. The van der Waals surface area contributed by atoms with E-state index in [0.29, 0.717) is 64.8 Å². The highest BCUT2D eigenvalue weighted by molar-refractivity contribution is 5.97. The maximum atomic E-state index is 13.7. The van der Waals surface area contributed by atoms with Gasteiger partial charge in [-0.1, -0.05) is 226 Å². The fourth-order valence-electron chi connectivity index (χ4n) is 17.6. The second-order valence-corrected chi connectivity index (χ2v) is 35.9. The maximum Gasteiger partial charge on any atom is 0.302 e.